The average molecular weight is 319 g/mol. The van der Waals surface area contributed by atoms with Gasteiger partial charge in [0, 0.05) is 12.3 Å². The monoisotopic (exact) mass is 319 g/mol. The van der Waals surface area contributed by atoms with E-state index < -0.39 is 5.97 Å². The summed E-state index contributed by atoms with van der Waals surface area (Å²) in [7, 11) is 0. The molecule has 0 amide bonds. The number of hydrogen-bond donors (Lipinski definition) is 0. The Labute approximate surface area is 137 Å². The molecule has 0 spiro atoms. The number of hydrogen-bond acceptors (Lipinski definition) is 5. The van der Waals surface area contributed by atoms with Gasteiger partial charge in [-0.05, 0) is 42.8 Å². The van der Waals surface area contributed by atoms with Gasteiger partial charge >= 0.3 is 5.97 Å². The lowest BCUT2D eigenvalue weighted by molar-refractivity contribution is 0.0467. The van der Waals surface area contributed by atoms with E-state index in [4.69, 9.17) is 10.00 Å². The van der Waals surface area contributed by atoms with E-state index in [9.17, 15) is 9.59 Å². The maximum atomic E-state index is 12.1. The summed E-state index contributed by atoms with van der Waals surface area (Å²) < 4.78 is 6.61. The highest BCUT2D eigenvalue weighted by atomic mass is 16.5. The molecule has 0 unspecified atom stereocenters. The molecule has 0 N–H and O–H groups in total. The number of nitrogens with zero attached hydrogens (tertiary/aromatic N) is 3. The lowest BCUT2D eigenvalue weighted by Crippen LogP contribution is -2.16. The Morgan fingerprint density at radius 2 is 2.12 bits per heavy atom. The fourth-order valence-corrected chi connectivity index (χ4v) is 2.27. The van der Waals surface area contributed by atoms with Gasteiger partial charge in [-0.15, -0.1) is 0 Å². The molecule has 24 heavy (non-hydrogen) atoms. The summed E-state index contributed by atoms with van der Waals surface area (Å²) in [4.78, 5) is 28.4. The number of rotatable bonds is 3. The molecule has 2 heterocycles. The molecule has 0 radical (unpaired) electrons. The number of aryl methyl sites for hydroxylation is 1. The van der Waals surface area contributed by atoms with Crippen molar-refractivity contribution in [1.29, 1.82) is 5.26 Å². The van der Waals surface area contributed by atoms with Crippen LogP contribution in [0.4, 0.5) is 0 Å². The first-order valence-electron chi connectivity index (χ1n) is 7.23. The molecular formula is C18H13N3O3. The molecule has 0 aliphatic carbocycles. The number of ether oxygens (including phenoxy) is 1. The van der Waals surface area contributed by atoms with Crippen LogP contribution in [0.5, 0.6) is 0 Å². The van der Waals surface area contributed by atoms with Crippen molar-refractivity contribution in [2.24, 2.45) is 0 Å². The maximum absolute atomic E-state index is 12.1. The third-order valence-electron chi connectivity index (χ3n) is 3.45. The first-order chi connectivity index (χ1) is 11.6. The van der Waals surface area contributed by atoms with Crippen LogP contribution >= 0.6 is 0 Å². The number of benzene rings is 1. The van der Waals surface area contributed by atoms with Crippen LogP contribution in [-0.4, -0.2) is 15.4 Å². The van der Waals surface area contributed by atoms with E-state index in [2.05, 4.69) is 4.98 Å². The van der Waals surface area contributed by atoms with Gasteiger partial charge in [0.25, 0.3) is 5.56 Å². The summed E-state index contributed by atoms with van der Waals surface area (Å²) in [5.41, 5.74) is 2.27. The van der Waals surface area contributed by atoms with Crippen molar-refractivity contribution in [3.63, 3.8) is 0 Å². The molecular weight excluding hydrogens is 306 g/mol. The van der Waals surface area contributed by atoms with Gasteiger partial charge in [-0.2, -0.15) is 5.26 Å². The second-order valence-electron chi connectivity index (χ2n) is 5.29. The van der Waals surface area contributed by atoms with Gasteiger partial charge in [-0.3, -0.25) is 9.20 Å². The lowest BCUT2D eigenvalue weighted by atomic mass is 10.1. The van der Waals surface area contributed by atoms with Gasteiger partial charge in [-0.1, -0.05) is 6.07 Å². The van der Waals surface area contributed by atoms with E-state index in [1.165, 1.54) is 16.5 Å². The topological polar surface area (TPSA) is 84.5 Å². The minimum atomic E-state index is -0.571. The predicted octanol–water partition coefficient (Wildman–Crippen LogP) is 2.23. The minimum Gasteiger partial charge on any atom is -0.456 e. The summed E-state index contributed by atoms with van der Waals surface area (Å²) in [6.07, 6.45) is 1.66. The molecule has 6 heteroatoms. The fraction of sp³-hybridized carbons (Fsp3) is 0.111. The molecule has 0 fully saturated rings. The zero-order chi connectivity index (χ0) is 17.1. The molecule has 6 nitrogen and oxygen atoms in total. The lowest BCUT2D eigenvalue weighted by Gasteiger charge is -2.06. The van der Waals surface area contributed by atoms with Crippen LogP contribution in [0, 0.1) is 18.3 Å². The third-order valence-corrected chi connectivity index (χ3v) is 3.45. The maximum Gasteiger partial charge on any atom is 0.338 e. The normalized spacial score (nSPS) is 10.3. The van der Waals surface area contributed by atoms with Crippen LogP contribution in [0.3, 0.4) is 0 Å². The third kappa shape index (κ3) is 3.15. The first kappa shape index (κ1) is 15.4. The molecule has 0 atom stereocenters. The Hall–Kier alpha value is -3.46. The van der Waals surface area contributed by atoms with Crippen molar-refractivity contribution in [3.8, 4) is 6.07 Å². The number of esters is 1. The molecule has 0 saturated heterocycles. The smallest absolute Gasteiger partial charge is 0.338 e. The van der Waals surface area contributed by atoms with Gasteiger partial charge in [0.05, 0.1) is 22.9 Å². The molecule has 0 saturated carbocycles. The Bertz CT molecular complexity index is 1030. The van der Waals surface area contributed by atoms with Gasteiger partial charge in [-0.25, -0.2) is 9.78 Å². The molecule has 0 bridgehead atoms. The summed E-state index contributed by atoms with van der Waals surface area (Å²) in [5, 5.41) is 8.86. The highest BCUT2D eigenvalue weighted by Gasteiger charge is 2.10. The van der Waals surface area contributed by atoms with Gasteiger partial charge in [0.15, 0.2) is 0 Å². The SMILES string of the molecule is Cc1ccn2c(=O)cc(COC(=O)c3cccc(C#N)c3)nc2c1. The Kier molecular flexibility index (Phi) is 4.08. The molecule has 118 valence electrons. The fourth-order valence-electron chi connectivity index (χ4n) is 2.27. The molecule has 3 aromatic rings. The van der Waals surface area contributed by atoms with Crippen LogP contribution in [0.25, 0.3) is 5.65 Å². The summed E-state index contributed by atoms with van der Waals surface area (Å²) in [6.45, 7) is 1.79. The molecule has 1 aromatic carbocycles. The van der Waals surface area contributed by atoms with Crippen LogP contribution in [0.15, 0.2) is 53.5 Å². The van der Waals surface area contributed by atoms with Crippen LogP contribution in [0.1, 0.15) is 27.2 Å². The van der Waals surface area contributed by atoms with Crippen LogP contribution in [-0.2, 0) is 11.3 Å². The van der Waals surface area contributed by atoms with Gasteiger partial charge in [0.2, 0.25) is 0 Å². The van der Waals surface area contributed by atoms with E-state index in [1.807, 2.05) is 19.1 Å². The van der Waals surface area contributed by atoms with Crippen molar-refractivity contribution >= 4 is 11.6 Å². The number of pyridine rings is 1. The first-order valence-corrected chi connectivity index (χ1v) is 7.23. The number of fused-ring (bicyclic) bond motifs is 1. The van der Waals surface area contributed by atoms with E-state index in [-0.39, 0.29) is 17.7 Å². The largest absolute Gasteiger partial charge is 0.456 e. The summed E-state index contributed by atoms with van der Waals surface area (Å²) in [6, 6.07) is 13.1. The van der Waals surface area contributed by atoms with Crippen LogP contribution in [0.2, 0.25) is 0 Å². The minimum absolute atomic E-state index is 0.116. The highest BCUT2D eigenvalue weighted by Crippen LogP contribution is 2.08. The van der Waals surface area contributed by atoms with E-state index >= 15 is 0 Å². The number of carbonyl (C=O) groups is 1. The van der Waals surface area contributed by atoms with E-state index in [0.717, 1.165) is 5.56 Å². The molecule has 2 aromatic heterocycles. The Balaban J connectivity index is 1.81. The Morgan fingerprint density at radius 1 is 1.29 bits per heavy atom. The van der Waals surface area contributed by atoms with Gasteiger partial charge in [0.1, 0.15) is 12.3 Å². The molecule has 0 aliphatic rings. The van der Waals surface area contributed by atoms with E-state index in [0.29, 0.717) is 16.9 Å². The standard InChI is InChI=1S/C18H13N3O3/c1-12-5-6-21-16(7-12)20-15(9-17(21)22)11-24-18(23)14-4-2-3-13(8-14)10-19/h2-9H,11H2,1H3. The Morgan fingerprint density at radius 3 is 2.92 bits per heavy atom. The van der Waals surface area contributed by atoms with Crippen LogP contribution < -0.4 is 5.56 Å². The van der Waals surface area contributed by atoms with E-state index in [1.54, 1.807) is 30.5 Å². The van der Waals surface area contributed by atoms with Crippen molar-refractivity contribution in [1.82, 2.24) is 9.38 Å². The quantitative estimate of drug-likeness (QED) is 0.691. The van der Waals surface area contributed by atoms with Crippen molar-refractivity contribution in [2.45, 2.75) is 13.5 Å². The highest BCUT2D eigenvalue weighted by molar-refractivity contribution is 5.89. The average Bonchev–Trinajstić information content (AvgIpc) is 2.59. The zero-order valence-corrected chi connectivity index (χ0v) is 12.9. The van der Waals surface area contributed by atoms with Gasteiger partial charge < -0.3 is 4.74 Å². The zero-order valence-electron chi connectivity index (χ0n) is 12.9. The molecule has 0 aliphatic heterocycles. The second kappa shape index (κ2) is 6.34. The molecule has 3 rings (SSSR count). The number of carbonyl (C=O) groups excluding carboxylic acids is 1. The number of aromatic nitrogens is 2. The van der Waals surface area contributed by atoms with Crippen molar-refractivity contribution in [2.75, 3.05) is 0 Å². The van der Waals surface area contributed by atoms with Crippen molar-refractivity contribution in [3.05, 3.63) is 81.4 Å². The number of nitriles is 1. The predicted molar refractivity (Wildman–Crippen MR) is 86.5 cm³/mol. The van der Waals surface area contributed by atoms with Crippen molar-refractivity contribution < 1.29 is 9.53 Å². The summed E-state index contributed by atoms with van der Waals surface area (Å²) >= 11 is 0. The second-order valence-corrected chi connectivity index (χ2v) is 5.29. The summed E-state index contributed by atoms with van der Waals surface area (Å²) in [5.74, 6) is -0.571.